The minimum Gasteiger partial charge on any atom is -0.496 e. The predicted molar refractivity (Wildman–Crippen MR) is 172 cm³/mol. The van der Waals surface area contributed by atoms with Crippen LogP contribution in [0.1, 0.15) is 28.3 Å². The third-order valence-electron chi connectivity index (χ3n) is 7.31. The first kappa shape index (κ1) is 30.3. The SMILES string of the molecule is COc1ccccc1CNC(=O)Nc1cccc(CCNC(CO)c2ccc(OCc3ccccc3)c3[nH]c(=O)ccc23)c1. The Hall–Kier alpha value is -5.12. The lowest BCUT2D eigenvalue weighted by Crippen LogP contribution is -2.28. The van der Waals surface area contributed by atoms with Crippen molar-refractivity contribution in [2.45, 2.75) is 25.6 Å². The molecule has 1 atom stereocenters. The molecule has 4 aromatic carbocycles. The van der Waals surface area contributed by atoms with E-state index < -0.39 is 0 Å². The lowest BCUT2D eigenvalue weighted by Gasteiger charge is -2.20. The molecule has 44 heavy (non-hydrogen) atoms. The molecule has 1 heterocycles. The van der Waals surface area contributed by atoms with Crippen LogP contribution in [0.5, 0.6) is 11.5 Å². The van der Waals surface area contributed by atoms with E-state index in [1.807, 2.05) is 91.0 Å². The number of rotatable bonds is 13. The molecule has 0 fully saturated rings. The Bertz CT molecular complexity index is 1760. The summed E-state index contributed by atoms with van der Waals surface area (Å²) in [5, 5.41) is 20.3. The van der Waals surface area contributed by atoms with Gasteiger partial charge in [0, 0.05) is 29.2 Å². The maximum absolute atomic E-state index is 12.5. The summed E-state index contributed by atoms with van der Waals surface area (Å²) in [5.41, 5.74) is 4.83. The molecule has 1 unspecified atom stereocenters. The van der Waals surface area contributed by atoms with Gasteiger partial charge < -0.3 is 35.5 Å². The second-order valence-corrected chi connectivity index (χ2v) is 10.3. The Kier molecular flexibility index (Phi) is 10.2. The molecule has 0 saturated heterocycles. The molecule has 0 spiro atoms. The summed E-state index contributed by atoms with van der Waals surface area (Å²) < 4.78 is 11.4. The Morgan fingerprint density at radius 1 is 0.886 bits per heavy atom. The number of pyridine rings is 1. The van der Waals surface area contributed by atoms with Gasteiger partial charge >= 0.3 is 6.03 Å². The summed E-state index contributed by atoms with van der Waals surface area (Å²) in [6, 6.07) is 31.3. The third kappa shape index (κ3) is 7.83. The molecular formula is C35H36N4O5. The average Bonchev–Trinajstić information content (AvgIpc) is 3.05. The number of aliphatic hydroxyl groups excluding tert-OH is 1. The van der Waals surface area contributed by atoms with Crippen molar-refractivity contribution in [2.75, 3.05) is 25.6 Å². The van der Waals surface area contributed by atoms with Crippen LogP contribution in [0, 0.1) is 0 Å². The molecule has 0 saturated carbocycles. The Labute approximate surface area is 255 Å². The number of hydrogen-bond donors (Lipinski definition) is 5. The lowest BCUT2D eigenvalue weighted by molar-refractivity contribution is 0.245. The van der Waals surface area contributed by atoms with Crippen molar-refractivity contribution < 1.29 is 19.4 Å². The fourth-order valence-electron chi connectivity index (χ4n) is 5.08. The minimum atomic E-state index is -0.367. The van der Waals surface area contributed by atoms with Crippen LogP contribution in [0.25, 0.3) is 10.9 Å². The van der Waals surface area contributed by atoms with E-state index in [1.54, 1.807) is 13.2 Å². The number of aromatic amines is 1. The van der Waals surface area contributed by atoms with E-state index in [0.29, 0.717) is 43.1 Å². The quantitative estimate of drug-likeness (QED) is 0.126. The van der Waals surface area contributed by atoms with E-state index in [1.165, 1.54) is 6.07 Å². The number of nitrogens with one attached hydrogen (secondary N) is 4. The normalized spacial score (nSPS) is 11.6. The standard InChI is InChI=1S/C35H36N4O5/c1-43-31-13-6-5-11-26(31)21-37-35(42)38-27-12-7-10-24(20-27)18-19-36-30(22-40)28-14-16-32(34-29(28)15-17-33(41)39-34)44-23-25-8-3-2-4-9-25/h2-17,20,30,36,40H,18-19,21-23H2,1H3,(H,39,41)(H2,37,38,42). The van der Waals surface area contributed by atoms with Crippen molar-refractivity contribution in [1.82, 2.24) is 15.6 Å². The molecule has 2 amide bonds. The lowest BCUT2D eigenvalue weighted by atomic mass is 10.0. The van der Waals surface area contributed by atoms with Gasteiger partial charge in [-0.3, -0.25) is 4.79 Å². The summed E-state index contributed by atoms with van der Waals surface area (Å²) in [6.45, 7) is 1.15. The van der Waals surface area contributed by atoms with Gasteiger partial charge in [-0.1, -0.05) is 66.7 Å². The van der Waals surface area contributed by atoms with Gasteiger partial charge in [0.15, 0.2) is 0 Å². The van der Waals surface area contributed by atoms with Gasteiger partial charge in [-0.05, 0) is 60.0 Å². The van der Waals surface area contributed by atoms with Crippen LogP contribution in [0.4, 0.5) is 10.5 Å². The Morgan fingerprint density at radius 3 is 2.50 bits per heavy atom. The molecule has 5 N–H and O–H groups in total. The summed E-state index contributed by atoms with van der Waals surface area (Å²) in [5.74, 6) is 1.29. The van der Waals surface area contributed by atoms with Crippen LogP contribution in [-0.4, -0.2) is 36.4 Å². The number of amides is 2. The number of fused-ring (bicyclic) bond motifs is 1. The number of anilines is 1. The highest BCUT2D eigenvalue weighted by Crippen LogP contribution is 2.30. The number of para-hydroxylation sites is 1. The highest BCUT2D eigenvalue weighted by atomic mass is 16.5. The van der Waals surface area contributed by atoms with E-state index in [2.05, 4.69) is 20.9 Å². The molecule has 5 aromatic rings. The van der Waals surface area contributed by atoms with E-state index >= 15 is 0 Å². The molecule has 9 heteroatoms. The first-order valence-corrected chi connectivity index (χ1v) is 14.5. The second kappa shape index (κ2) is 14.9. The summed E-state index contributed by atoms with van der Waals surface area (Å²) >= 11 is 0. The molecular weight excluding hydrogens is 556 g/mol. The van der Waals surface area contributed by atoms with Gasteiger partial charge in [0.25, 0.3) is 0 Å². The zero-order chi connectivity index (χ0) is 30.7. The van der Waals surface area contributed by atoms with Crippen LogP contribution in [0.3, 0.4) is 0 Å². The monoisotopic (exact) mass is 592 g/mol. The van der Waals surface area contributed by atoms with Gasteiger partial charge in [0.1, 0.15) is 18.1 Å². The molecule has 0 bridgehead atoms. The molecule has 226 valence electrons. The van der Waals surface area contributed by atoms with Crippen molar-refractivity contribution in [3.63, 3.8) is 0 Å². The fraction of sp³-hybridized carbons (Fsp3) is 0.200. The van der Waals surface area contributed by atoms with E-state index in [0.717, 1.165) is 33.4 Å². The number of aliphatic hydroxyl groups is 1. The zero-order valence-electron chi connectivity index (χ0n) is 24.5. The highest BCUT2D eigenvalue weighted by molar-refractivity contribution is 5.89. The number of urea groups is 1. The van der Waals surface area contributed by atoms with Gasteiger partial charge in [-0.15, -0.1) is 0 Å². The van der Waals surface area contributed by atoms with E-state index in [-0.39, 0.29) is 24.2 Å². The van der Waals surface area contributed by atoms with Crippen LogP contribution in [0.2, 0.25) is 0 Å². The minimum absolute atomic E-state index is 0.133. The van der Waals surface area contributed by atoms with Crippen LogP contribution >= 0.6 is 0 Å². The number of carbonyl (C=O) groups excluding carboxylic acids is 1. The van der Waals surface area contributed by atoms with Gasteiger partial charge in [-0.2, -0.15) is 0 Å². The largest absolute Gasteiger partial charge is 0.496 e. The van der Waals surface area contributed by atoms with Gasteiger partial charge in [0.05, 0.1) is 25.3 Å². The highest BCUT2D eigenvalue weighted by Gasteiger charge is 2.16. The summed E-state index contributed by atoms with van der Waals surface area (Å²) in [7, 11) is 1.60. The van der Waals surface area contributed by atoms with Gasteiger partial charge in [0.2, 0.25) is 5.56 Å². The van der Waals surface area contributed by atoms with E-state index in [4.69, 9.17) is 9.47 Å². The van der Waals surface area contributed by atoms with Crippen molar-refractivity contribution in [3.8, 4) is 11.5 Å². The second-order valence-electron chi connectivity index (χ2n) is 10.3. The molecule has 0 aliphatic rings. The molecule has 0 radical (unpaired) electrons. The van der Waals surface area contributed by atoms with Crippen LogP contribution in [-0.2, 0) is 19.6 Å². The molecule has 9 nitrogen and oxygen atoms in total. The zero-order valence-corrected chi connectivity index (χ0v) is 24.5. The van der Waals surface area contributed by atoms with Crippen LogP contribution in [0.15, 0.2) is 108 Å². The number of hydrogen-bond acceptors (Lipinski definition) is 6. The first-order valence-electron chi connectivity index (χ1n) is 14.5. The number of aromatic nitrogens is 1. The number of H-pyrrole nitrogens is 1. The maximum atomic E-state index is 12.5. The van der Waals surface area contributed by atoms with Crippen molar-refractivity contribution >= 4 is 22.6 Å². The predicted octanol–water partition coefficient (Wildman–Crippen LogP) is 5.30. The number of benzene rings is 4. The molecule has 1 aromatic heterocycles. The van der Waals surface area contributed by atoms with Crippen molar-refractivity contribution in [3.05, 3.63) is 136 Å². The van der Waals surface area contributed by atoms with Crippen molar-refractivity contribution in [1.29, 1.82) is 0 Å². The molecule has 0 aliphatic carbocycles. The number of ether oxygens (including phenoxy) is 2. The fourth-order valence-corrected chi connectivity index (χ4v) is 5.08. The number of carbonyl (C=O) groups is 1. The topological polar surface area (TPSA) is 125 Å². The summed E-state index contributed by atoms with van der Waals surface area (Å²) in [6.07, 6.45) is 0.669. The summed E-state index contributed by atoms with van der Waals surface area (Å²) in [4.78, 5) is 27.6. The third-order valence-corrected chi connectivity index (χ3v) is 7.31. The van der Waals surface area contributed by atoms with Gasteiger partial charge in [-0.25, -0.2) is 4.79 Å². The smallest absolute Gasteiger partial charge is 0.319 e. The average molecular weight is 593 g/mol. The molecule has 5 rings (SSSR count). The first-order chi connectivity index (χ1) is 21.5. The maximum Gasteiger partial charge on any atom is 0.319 e. The van der Waals surface area contributed by atoms with Crippen LogP contribution < -0.4 is 31.0 Å². The van der Waals surface area contributed by atoms with Crippen molar-refractivity contribution in [2.24, 2.45) is 0 Å². The van der Waals surface area contributed by atoms with E-state index in [9.17, 15) is 14.7 Å². The number of methoxy groups -OCH3 is 1. The molecule has 0 aliphatic heterocycles. The Morgan fingerprint density at radius 2 is 1.68 bits per heavy atom. The Balaban J connectivity index is 1.20.